The third-order valence-corrected chi connectivity index (χ3v) is 7.26. The lowest BCUT2D eigenvalue weighted by Gasteiger charge is -2.43. The van der Waals surface area contributed by atoms with Gasteiger partial charge in [0.2, 0.25) is 5.91 Å². The highest BCUT2D eigenvalue weighted by Crippen LogP contribution is 2.39. The monoisotopic (exact) mass is 542 g/mol. The Hall–Kier alpha value is -2.91. The maximum absolute atomic E-state index is 13.7. The number of ether oxygens (including phenoxy) is 1. The molecule has 2 aromatic rings. The van der Waals surface area contributed by atoms with Gasteiger partial charge in [-0.05, 0) is 55.7 Å². The number of methoxy groups -OCH3 is 1. The van der Waals surface area contributed by atoms with Gasteiger partial charge in [0.25, 0.3) is 11.8 Å². The van der Waals surface area contributed by atoms with Crippen molar-refractivity contribution in [2.45, 2.75) is 24.8 Å². The number of nitrogens with one attached hydrogen (secondary N) is 1. The second-order valence-electron chi connectivity index (χ2n) is 8.94. The van der Waals surface area contributed by atoms with E-state index in [1.54, 1.807) is 24.1 Å². The number of halogens is 1. The predicted molar refractivity (Wildman–Crippen MR) is 137 cm³/mol. The molecule has 0 aromatic heterocycles. The molecule has 0 radical (unpaired) electrons. The largest absolute Gasteiger partial charge is 0.385 e. The summed E-state index contributed by atoms with van der Waals surface area (Å²) >= 11 is 3.40. The van der Waals surface area contributed by atoms with Crippen molar-refractivity contribution in [1.29, 1.82) is 0 Å². The third-order valence-electron chi connectivity index (χ3n) is 6.73. The molecule has 2 saturated heterocycles. The molecule has 0 atom stereocenters. The molecule has 1 spiro atoms. The summed E-state index contributed by atoms with van der Waals surface area (Å²) in [5.41, 5.74) is 0.805. The summed E-state index contributed by atoms with van der Waals surface area (Å²) in [5, 5.41) is 2.87. The van der Waals surface area contributed by atoms with Crippen LogP contribution in [0.15, 0.2) is 59.1 Å². The van der Waals surface area contributed by atoms with Crippen LogP contribution in [0, 0.1) is 0 Å². The van der Waals surface area contributed by atoms with E-state index in [9.17, 15) is 14.4 Å². The number of likely N-dealkylation sites (tertiary alicyclic amines) is 1. The molecular weight excluding hydrogens is 512 g/mol. The van der Waals surface area contributed by atoms with Gasteiger partial charge >= 0.3 is 0 Å². The highest BCUT2D eigenvalue weighted by atomic mass is 79.9. The first-order valence-electron chi connectivity index (χ1n) is 11.9. The molecule has 4 rings (SSSR count). The fourth-order valence-corrected chi connectivity index (χ4v) is 5.12. The molecule has 0 unspecified atom stereocenters. The Labute approximate surface area is 214 Å². The summed E-state index contributed by atoms with van der Waals surface area (Å²) in [6.45, 7) is 2.38. The molecule has 186 valence electrons. The number of carbonyl (C=O) groups excluding carboxylic acids is 3. The van der Waals surface area contributed by atoms with Crippen LogP contribution >= 0.6 is 15.9 Å². The molecule has 0 saturated carbocycles. The number of para-hydroxylation sites is 1. The molecule has 2 fully saturated rings. The number of anilines is 1. The van der Waals surface area contributed by atoms with Crippen LogP contribution in [0.2, 0.25) is 0 Å². The van der Waals surface area contributed by atoms with Crippen molar-refractivity contribution < 1.29 is 19.1 Å². The van der Waals surface area contributed by atoms with E-state index in [0.29, 0.717) is 51.3 Å². The van der Waals surface area contributed by atoms with Crippen molar-refractivity contribution in [3.8, 4) is 0 Å². The molecule has 0 aliphatic carbocycles. The van der Waals surface area contributed by atoms with E-state index >= 15 is 0 Å². The fraction of sp³-hybridized carbons (Fsp3) is 0.423. The Kier molecular flexibility index (Phi) is 8.07. The first-order valence-corrected chi connectivity index (χ1v) is 12.7. The third kappa shape index (κ3) is 5.51. The van der Waals surface area contributed by atoms with E-state index in [-0.39, 0.29) is 24.3 Å². The number of hydrogen-bond donors (Lipinski definition) is 1. The standard InChI is InChI=1S/C26H31BrN4O4/c1-35-17-5-14-28-23(32)18-30-19-31(22-6-3-2-4-7-22)26(25(30)34)12-15-29(16-13-26)24(33)20-8-10-21(27)11-9-20/h2-4,6-11H,5,12-19H2,1H3,(H,28,32). The van der Waals surface area contributed by atoms with Gasteiger partial charge in [0.05, 0.1) is 6.67 Å². The molecule has 8 nitrogen and oxygen atoms in total. The summed E-state index contributed by atoms with van der Waals surface area (Å²) in [5.74, 6) is -0.261. The number of carbonyl (C=O) groups is 3. The smallest absolute Gasteiger partial charge is 0.253 e. The van der Waals surface area contributed by atoms with Crippen LogP contribution in [0.1, 0.15) is 29.6 Å². The van der Waals surface area contributed by atoms with Gasteiger partial charge in [-0.1, -0.05) is 34.1 Å². The van der Waals surface area contributed by atoms with Crippen molar-refractivity contribution >= 4 is 39.3 Å². The first-order chi connectivity index (χ1) is 16.9. The van der Waals surface area contributed by atoms with E-state index < -0.39 is 5.54 Å². The highest BCUT2D eigenvalue weighted by molar-refractivity contribution is 9.10. The fourth-order valence-electron chi connectivity index (χ4n) is 4.85. The van der Waals surface area contributed by atoms with E-state index in [1.807, 2.05) is 47.4 Å². The minimum Gasteiger partial charge on any atom is -0.385 e. The molecule has 2 aliphatic rings. The number of rotatable bonds is 8. The highest BCUT2D eigenvalue weighted by Gasteiger charge is 2.54. The lowest BCUT2D eigenvalue weighted by molar-refractivity contribution is -0.137. The van der Waals surface area contributed by atoms with Crippen LogP contribution < -0.4 is 10.2 Å². The van der Waals surface area contributed by atoms with Crippen LogP contribution in [-0.2, 0) is 14.3 Å². The number of nitrogens with zero attached hydrogens (tertiary/aromatic N) is 3. The van der Waals surface area contributed by atoms with E-state index in [1.165, 1.54) is 0 Å². The van der Waals surface area contributed by atoms with Crippen molar-refractivity contribution in [2.75, 3.05) is 51.5 Å². The molecule has 1 N–H and O–H groups in total. The van der Waals surface area contributed by atoms with Crippen molar-refractivity contribution in [3.05, 3.63) is 64.6 Å². The number of amides is 3. The van der Waals surface area contributed by atoms with Crippen LogP contribution in [-0.4, -0.2) is 79.6 Å². The molecular formula is C26H31BrN4O4. The van der Waals surface area contributed by atoms with Gasteiger partial charge in [-0.2, -0.15) is 0 Å². The molecule has 3 amide bonds. The average molecular weight is 543 g/mol. The minimum absolute atomic E-state index is 0.0123. The quantitative estimate of drug-likeness (QED) is 0.518. The Morgan fingerprint density at radius 1 is 1.06 bits per heavy atom. The van der Waals surface area contributed by atoms with E-state index in [2.05, 4.69) is 26.1 Å². The maximum atomic E-state index is 13.7. The first kappa shape index (κ1) is 25.2. The van der Waals surface area contributed by atoms with Gasteiger partial charge < -0.3 is 24.8 Å². The number of piperidine rings is 1. The van der Waals surface area contributed by atoms with Crippen molar-refractivity contribution in [1.82, 2.24) is 15.1 Å². The molecule has 2 aliphatic heterocycles. The predicted octanol–water partition coefficient (Wildman–Crippen LogP) is 2.88. The van der Waals surface area contributed by atoms with Crippen LogP contribution in [0.3, 0.4) is 0 Å². The molecule has 0 bridgehead atoms. The average Bonchev–Trinajstić information content (AvgIpc) is 3.14. The second-order valence-corrected chi connectivity index (χ2v) is 9.85. The normalized spacial score (nSPS) is 17.2. The Morgan fingerprint density at radius 3 is 2.40 bits per heavy atom. The van der Waals surface area contributed by atoms with E-state index in [4.69, 9.17) is 4.74 Å². The topological polar surface area (TPSA) is 82.2 Å². The molecule has 9 heteroatoms. The Morgan fingerprint density at radius 2 is 1.74 bits per heavy atom. The zero-order valence-corrected chi connectivity index (χ0v) is 21.5. The Bertz CT molecular complexity index is 1040. The molecule has 2 heterocycles. The lowest BCUT2D eigenvalue weighted by Crippen LogP contribution is -2.57. The molecule has 35 heavy (non-hydrogen) atoms. The van der Waals surface area contributed by atoms with Gasteiger partial charge in [0, 0.05) is 49.1 Å². The van der Waals surface area contributed by atoms with Gasteiger partial charge in [-0.15, -0.1) is 0 Å². The zero-order valence-electron chi connectivity index (χ0n) is 19.9. The number of hydrogen-bond acceptors (Lipinski definition) is 5. The van der Waals surface area contributed by atoms with Gasteiger partial charge in [-0.25, -0.2) is 0 Å². The molecule has 2 aromatic carbocycles. The van der Waals surface area contributed by atoms with Gasteiger partial charge in [0.15, 0.2) is 0 Å². The van der Waals surface area contributed by atoms with E-state index in [0.717, 1.165) is 16.6 Å². The van der Waals surface area contributed by atoms with Gasteiger partial charge in [0.1, 0.15) is 12.1 Å². The van der Waals surface area contributed by atoms with Crippen molar-refractivity contribution in [3.63, 3.8) is 0 Å². The summed E-state index contributed by atoms with van der Waals surface area (Å²) in [6.07, 6.45) is 1.74. The second kappa shape index (κ2) is 11.2. The van der Waals surface area contributed by atoms with Crippen LogP contribution in [0.4, 0.5) is 5.69 Å². The minimum atomic E-state index is -0.770. The van der Waals surface area contributed by atoms with Crippen LogP contribution in [0.25, 0.3) is 0 Å². The van der Waals surface area contributed by atoms with Crippen LogP contribution in [0.5, 0.6) is 0 Å². The zero-order chi connectivity index (χ0) is 24.8. The summed E-state index contributed by atoms with van der Waals surface area (Å²) in [7, 11) is 1.63. The SMILES string of the molecule is COCCCNC(=O)CN1CN(c2ccccc2)C2(CCN(C(=O)c3ccc(Br)cc3)CC2)C1=O. The summed E-state index contributed by atoms with van der Waals surface area (Å²) in [6, 6.07) is 17.1. The number of benzene rings is 2. The summed E-state index contributed by atoms with van der Waals surface area (Å²) < 4.78 is 5.94. The van der Waals surface area contributed by atoms with Crippen molar-refractivity contribution in [2.24, 2.45) is 0 Å². The lowest BCUT2D eigenvalue weighted by atomic mass is 9.85. The summed E-state index contributed by atoms with van der Waals surface area (Å²) in [4.78, 5) is 44.9. The van der Waals surface area contributed by atoms with Gasteiger partial charge in [-0.3, -0.25) is 14.4 Å². The maximum Gasteiger partial charge on any atom is 0.253 e. The Balaban J connectivity index is 1.48.